The van der Waals surface area contributed by atoms with E-state index in [1.54, 1.807) is 6.92 Å². The van der Waals surface area contributed by atoms with Gasteiger partial charge in [0.05, 0.1) is 18.4 Å². The Hall–Kier alpha value is -1.40. The summed E-state index contributed by atoms with van der Waals surface area (Å²) in [5.74, 6) is 0.729. The highest BCUT2D eigenvalue weighted by molar-refractivity contribution is 5.92. The minimum atomic E-state index is -0.195. The summed E-state index contributed by atoms with van der Waals surface area (Å²) in [6, 6.07) is 0. The van der Waals surface area contributed by atoms with Gasteiger partial charge >= 0.3 is 0 Å². The summed E-state index contributed by atoms with van der Waals surface area (Å²) in [5, 5.41) is 2.87. The fraction of sp³-hybridized carbons (Fsp3) is 0.714. The molecule has 0 aromatic carbocycles. The van der Waals surface area contributed by atoms with Crippen LogP contribution in [0.25, 0.3) is 0 Å². The molecule has 1 amide bonds. The second-order valence-corrected chi connectivity index (χ2v) is 5.18. The predicted molar refractivity (Wildman–Crippen MR) is 74.8 cm³/mol. The van der Waals surface area contributed by atoms with Gasteiger partial charge in [-0.1, -0.05) is 6.92 Å². The summed E-state index contributed by atoms with van der Waals surface area (Å²) in [5.41, 5.74) is 0.646. The van der Waals surface area contributed by atoms with Crippen molar-refractivity contribution in [1.82, 2.24) is 15.2 Å². The first kappa shape index (κ1) is 15.0. The zero-order valence-corrected chi connectivity index (χ0v) is 12.4. The lowest BCUT2D eigenvalue weighted by atomic mass is 10.2. The summed E-state index contributed by atoms with van der Waals surface area (Å²) in [7, 11) is 2.08. The van der Waals surface area contributed by atoms with Crippen molar-refractivity contribution in [1.29, 1.82) is 0 Å². The number of nitrogens with zero attached hydrogens (tertiary/aromatic N) is 2. The highest BCUT2D eigenvalue weighted by atomic mass is 16.5. The number of amides is 1. The molecule has 6 nitrogen and oxygen atoms in total. The Balaban J connectivity index is 1.78. The molecule has 112 valence electrons. The van der Waals surface area contributed by atoms with Gasteiger partial charge in [0.1, 0.15) is 0 Å². The number of oxazole rings is 1. The summed E-state index contributed by atoms with van der Waals surface area (Å²) in [6.07, 6.45) is 1.69. The van der Waals surface area contributed by atoms with E-state index in [9.17, 15) is 4.79 Å². The number of hydrogen-bond acceptors (Lipinski definition) is 5. The molecule has 2 rings (SSSR count). The summed E-state index contributed by atoms with van der Waals surface area (Å²) < 4.78 is 11.1. The van der Waals surface area contributed by atoms with Gasteiger partial charge in [0.2, 0.25) is 5.76 Å². The largest absolute Gasteiger partial charge is 0.435 e. The van der Waals surface area contributed by atoms with Crippen molar-refractivity contribution in [3.8, 4) is 0 Å². The third kappa shape index (κ3) is 3.80. The molecule has 1 saturated heterocycles. The van der Waals surface area contributed by atoms with Crippen LogP contribution in [0.2, 0.25) is 0 Å². The molecule has 2 heterocycles. The van der Waals surface area contributed by atoms with Crippen LogP contribution in [0.1, 0.15) is 35.5 Å². The minimum absolute atomic E-state index is 0.191. The molecule has 1 fully saturated rings. The molecule has 1 aliphatic heterocycles. The number of morpholine rings is 1. The second kappa shape index (κ2) is 6.85. The van der Waals surface area contributed by atoms with E-state index in [2.05, 4.69) is 22.2 Å². The quantitative estimate of drug-likeness (QED) is 0.872. The average Bonchev–Trinajstić information content (AvgIpc) is 2.80. The Kier molecular flexibility index (Phi) is 5.14. The maximum absolute atomic E-state index is 12.0. The van der Waals surface area contributed by atoms with E-state index in [0.29, 0.717) is 30.3 Å². The van der Waals surface area contributed by atoms with Crippen LogP contribution in [-0.2, 0) is 11.2 Å². The van der Waals surface area contributed by atoms with Crippen molar-refractivity contribution in [2.45, 2.75) is 32.8 Å². The van der Waals surface area contributed by atoms with E-state index in [1.165, 1.54) is 0 Å². The van der Waals surface area contributed by atoms with Gasteiger partial charge in [0.25, 0.3) is 5.91 Å². The van der Waals surface area contributed by atoms with E-state index < -0.39 is 0 Å². The molecular formula is C14H23N3O3. The van der Waals surface area contributed by atoms with E-state index in [4.69, 9.17) is 9.15 Å². The third-order valence-corrected chi connectivity index (χ3v) is 3.44. The smallest absolute Gasteiger partial charge is 0.289 e. The Labute approximate surface area is 119 Å². The second-order valence-electron chi connectivity index (χ2n) is 5.18. The third-order valence-electron chi connectivity index (χ3n) is 3.44. The van der Waals surface area contributed by atoms with Crippen LogP contribution in [-0.4, -0.2) is 55.2 Å². The number of likely N-dealkylation sites (N-methyl/N-ethyl adjacent to an activating group) is 1. The minimum Gasteiger partial charge on any atom is -0.435 e. The normalized spacial score (nSPS) is 20.1. The molecule has 1 unspecified atom stereocenters. The molecule has 0 saturated carbocycles. The van der Waals surface area contributed by atoms with Gasteiger partial charge in [-0.15, -0.1) is 0 Å². The molecule has 0 bridgehead atoms. The van der Waals surface area contributed by atoms with E-state index >= 15 is 0 Å². The molecule has 1 aromatic heterocycles. The lowest BCUT2D eigenvalue weighted by molar-refractivity contribution is -0.0226. The number of hydrogen-bond donors (Lipinski definition) is 1. The van der Waals surface area contributed by atoms with Crippen LogP contribution in [0.5, 0.6) is 0 Å². The number of carbonyl (C=O) groups is 1. The van der Waals surface area contributed by atoms with Gasteiger partial charge in [-0.3, -0.25) is 4.79 Å². The number of aromatic nitrogens is 1. The average molecular weight is 281 g/mol. The molecule has 1 aromatic rings. The Morgan fingerprint density at radius 2 is 2.35 bits per heavy atom. The first-order valence-electron chi connectivity index (χ1n) is 7.14. The van der Waals surface area contributed by atoms with Crippen molar-refractivity contribution >= 4 is 5.91 Å². The molecule has 6 heteroatoms. The lowest BCUT2D eigenvalue weighted by Crippen LogP contribution is -2.41. The SMILES string of the molecule is CCc1nc(C)c(C(=O)NCCC2CN(C)CCO2)o1. The Morgan fingerprint density at radius 3 is 3.00 bits per heavy atom. The van der Waals surface area contributed by atoms with Crippen molar-refractivity contribution in [2.75, 3.05) is 33.3 Å². The maximum atomic E-state index is 12.0. The maximum Gasteiger partial charge on any atom is 0.289 e. The van der Waals surface area contributed by atoms with Gasteiger partial charge in [0.15, 0.2) is 5.89 Å². The first-order chi connectivity index (χ1) is 9.60. The fourth-order valence-corrected chi connectivity index (χ4v) is 2.28. The molecule has 1 aliphatic rings. The van der Waals surface area contributed by atoms with Gasteiger partial charge in [-0.2, -0.15) is 0 Å². The molecule has 1 atom stereocenters. The standard InChI is InChI=1S/C14H23N3O3/c1-4-12-16-10(2)13(20-12)14(18)15-6-5-11-9-17(3)7-8-19-11/h11H,4-9H2,1-3H3,(H,15,18). The number of aryl methyl sites for hydroxylation is 2. The van der Waals surface area contributed by atoms with Crippen LogP contribution < -0.4 is 5.32 Å². The highest BCUT2D eigenvalue weighted by Crippen LogP contribution is 2.11. The molecule has 0 aliphatic carbocycles. The van der Waals surface area contributed by atoms with Crippen molar-refractivity contribution in [3.63, 3.8) is 0 Å². The number of ether oxygens (including phenoxy) is 1. The molecular weight excluding hydrogens is 258 g/mol. The topological polar surface area (TPSA) is 67.6 Å². The first-order valence-corrected chi connectivity index (χ1v) is 7.14. The van der Waals surface area contributed by atoms with E-state index in [1.807, 2.05) is 6.92 Å². The fourth-order valence-electron chi connectivity index (χ4n) is 2.28. The van der Waals surface area contributed by atoms with Crippen molar-refractivity contribution in [3.05, 3.63) is 17.3 Å². The van der Waals surface area contributed by atoms with Gasteiger partial charge in [-0.05, 0) is 20.4 Å². The number of rotatable bonds is 5. The zero-order valence-electron chi connectivity index (χ0n) is 12.4. The van der Waals surface area contributed by atoms with E-state index in [-0.39, 0.29) is 12.0 Å². The molecule has 1 N–H and O–H groups in total. The monoisotopic (exact) mass is 281 g/mol. The molecule has 20 heavy (non-hydrogen) atoms. The summed E-state index contributed by atoms with van der Waals surface area (Å²) >= 11 is 0. The summed E-state index contributed by atoms with van der Waals surface area (Å²) in [4.78, 5) is 18.4. The Bertz CT molecular complexity index is 459. The Morgan fingerprint density at radius 1 is 1.55 bits per heavy atom. The summed E-state index contributed by atoms with van der Waals surface area (Å²) in [6.45, 7) is 6.97. The predicted octanol–water partition coefficient (Wildman–Crippen LogP) is 0.996. The van der Waals surface area contributed by atoms with Gasteiger partial charge in [0, 0.05) is 26.1 Å². The van der Waals surface area contributed by atoms with Crippen LogP contribution in [0, 0.1) is 6.92 Å². The lowest BCUT2D eigenvalue weighted by Gasteiger charge is -2.30. The van der Waals surface area contributed by atoms with Crippen molar-refractivity contribution < 1.29 is 13.9 Å². The van der Waals surface area contributed by atoms with Crippen LogP contribution in [0.15, 0.2) is 4.42 Å². The zero-order chi connectivity index (χ0) is 14.5. The van der Waals surface area contributed by atoms with Crippen molar-refractivity contribution in [2.24, 2.45) is 0 Å². The molecule has 0 radical (unpaired) electrons. The van der Waals surface area contributed by atoms with Gasteiger partial charge in [-0.25, -0.2) is 4.98 Å². The van der Waals surface area contributed by atoms with Crippen LogP contribution in [0.3, 0.4) is 0 Å². The van der Waals surface area contributed by atoms with Crippen LogP contribution >= 0.6 is 0 Å². The molecule has 0 spiro atoms. The van der Waals surface area contributed by atoms with Crippen LogP contribution in [0.4, 0.5) is 0 Å². The number of nitrogens with one attached hydrogen (secondary N) is 1. The highest BCUT2D eigenvalue weighted by Gasteiger charge is 2.19. The number of carbonyl (C=O) groups excluding carboxylic acids is 1. The van der Waals surface area contributed by atoms with E-state index in [0.717, 1.165) is 26.1 Å². The van der Waals surface area contributed by atoms with Gasteiger partial charge < -0.3 is 19.4 Å².